The van der Waals surface area contributed by atoms with Gasteiger partial charge in [-0.2, -0.15) is 0 Å². The van der Waals surface area contributed by atoms with Crippen molar-refractivity contribution in [2.45, 2.75) is 13.5 Å². The van der Waals surface area contributed by atoms with Crippen molar-refractivity contribution in [3.8, 4) is 22.3 Å². The smallest absolute Gasteiger partial charge is 0.0346 e. The first kappa shape index (κ1) is 17.9. The molecular formula is C24H27N3. The fraction of sp³-hybridized carbons (Fsp3) is 0.292. The van der Waals surface area contributed by atoms with Crippen LogP contribution in [0.5, 0.6) is 0 Å². The van der Waals surface area contributed by atoms with Crippen LogP contribution in [0.1, 0.15) is 12.5 Å². The number of benzene rings is 2. The van der Waals surface area contributed by atoms with Gasteiger partial charge in [-0.3, -0.25) is 9.88 Å². The Bertz CT molecular complexity index is 850. The van der Waals surface area contributed by atoms with Crippen LogP contribution >= 0.6 is 0 Å². The minimum atomic E-state index is 0.987. The van der Waals surface area contributed by atoms with Crippen molar-refractivity contribution in [1.82, 2.24) is 14.8 Å². The summed E-state index contributed by atoms with van der Waals surface area (Å²) in [7, 11) is 0. The van der Waals surface area contributed by atoms with Gasteiger partial charge < -0.3 is 4.90 Å². The van der Waals surface area contributed by atoms with Crippen LogP contribution in [-0.2, 0) is 6.54 Å². The van der Waals surface area contributed by atoms with Crippen LogP contribution in [0.4, 0.5) is 0 Å². The number of pyridine rings is 1. The molecule has 27 heavy (non-hydrogen) atoms. The maximum atomic E-state index is 4.50. The molecule has 4 rings (SSSR count). The zero-order chi connectivity index (χ0) is 18.5. The molecule has 0 atom stereocenters. The summed E-state index contributed by atoms with van der Waals surface area (Å²) in [5, 5.41) is 0. The number of likely N-dealkylation sites (N-methyl/N-ethyl adjacent to an activating group) is 1. The molecule has 1 fully saturated rings. The molecular weight excluding hydrogens is 330 g/mol. The molecule has 0 N–H and O–H groups in total. The van der Waals surface area contributed by atoms with Crippen molar-refractivity contribution >= 4 is 0 Å². The second kappa shape index (κ2) is 8.47. The van der Waals surface area contributed by atoms with Gasteiger partial charge in [0.15, 0.2) is 0 Å². The largest absolute Gasteiger partial charge is 0.301 e. The van der Waals surface area contributed by atoms with Crippen molar-refractivity contribution in [2.24, 2.45) is 0 Å². The van der Waals surface area contributed by atoms with Crippen LogP contribution in [-0.4, -0.2) is 47.5 Å². The van der Waals surface area contributed by atoms with E-state index in [0.717, 1.165) is 26.2 Å². The third-order valence-electron chi connectivity index (χ3n) is 5.44. The maximum Gasteiger partial charge on any atom is 0.0346 e. The molecule has 2 heterocycles. The zero-order valence-corrected chi connectivity index (χ0v) is 16.0. The van der Waals surface area contributed by atoms with E-state index in [1.807, 2.05) is 12.4 Å². The first-order chi connectivity index (χ1) is 13.3. The van der Waals surface area contributed by atoms with Gasteiger partial charge in [0.05, 0.1) is 0 Å². The first-order valence-corrected chi connectivity index (χ1v) is 9.86. The van der Waals surface area contributed by atoms with Crippen molar-refractivity contribution in [3.63, 3.8) is 0 Å². The Morgan fingerprint density at radius 1 is 0.704 bits per heavy atom. The van der Waals surface area contributed by atoms with Gasteiger partial charge in [-0.15, -0.1) is 0 Å². The highest BCUT2D eigenvalue weighted by molar-refractivity contribution is 5.70. The minimum absolute atomic E-state index is 0.987. The lowest BCUT2D eigenvalue weighted by Gasteiger charge is -2.34. The standard InChI is InChI=1S/C24H27N3/c1-2-26-12-14-27(15-13-26)19-20-16-24(18-25-17-20)23-10-8-22(9-11-23)21-6-4-3-5-7-21/h3-11,16-18H,2,12-15,19H2,1H3. The zero-order valence-electron chi connectivity index (χ0n) is 16.0. The van der Waals surface area contributed by atoms with E-state index in [-0.39, 0.29) is 0 Å². The molecule has 3 aromatic rings. The van der Waals surface area contributed by atoms with Crippen LogP contribution in [0, 0.1) is 0 Å². The predicted molar refractivity (Wildman–Crippen MR) is 113 cm³/mol. The summed E-state index contributed by atoms with van der Waals surface area (Å²) in [6.45, 7) is 9.01. The van der Waals surface area contributed by atoms with E-state index in [1.165, 1.54) is 40.9 Å². The summed E-state index contributed by atoms with van der Waals surface area (Å²) in [5.41, 5.74) is 6.21. The third kappa shape index (κ3) is 4.44. The second-order valence-electron chi connectivity index (χ2n) is 7.24. The Morgan fingerprint density at radius 2 is 1.30 bits per heavy atom. The Balaban J connectivity index is 1.46. The minimum Gasteiger partial charge on any atom is -0.301 e. The number of nitrogens with zero attached hydrogens (tertiary/aromatic N) is 3. The molecule has 1 saturated heterocycles. The van der Waals surface area contributed by atoms with Crippen molar-refractivity contribution in [3.05, 3.63) is 78.6 Å². The van der Waals surface area contributed by atoms with E-state index in [1.54, 1.807) is 0 Å². The summed E-state index contributed by atoms with van der Waals surface area (Å²) in [6.07, 6.45) is 3.98. The fourth-order valence-electron chi connectivity index (χ4n) is 3.74. The van der Waals surface area contributed by atoms with Gasteiger partial charge in [-0.25, -0.2) is 0 Å². The van der Waals surface area contributed by atoms with Gasteiger partial charge in [0.1, 0.15) is 0 Å². The van der Waals surface area contributed by atoms with Gasteiger partial charge in [0.25, 0.3) is 0 Å². The van der Waals surface area contributed by atoms with Crippen molar-refractivity contribution in [1.29, 1.82) is 0 Å². The second-order valence-corrected chi connectivity index (χ2v) is 7.24. The molecule has 0 amide bonds. The molecule has 2 aromatic carbocycles. The van der Waals surface area contributed by atoms with E-state index < -0.39 is 0 Å². The highest BCUT2D eigenvalue weighted by Gasteiger charge is 2.15. The van der Waals surface area contributed by atoms with E-state index in [9.17, 15) is 0 Å². The lowest BCUT2D eigenvalue weighted by Crippen LogP contribution is -2.45. The molecule has 138 valence electrons. The Labute approximate surface area is 162 Å². The third-order valence-corrected chi connectivity index (χ3v) is 5.44. The van der Waals surface area contributed by atoms with Gasteiger partial charge in [0.2, 0.25) is 0 Å². The summed E-state index contributed by atoms with van der Waals surface area (Å²) in [5.74, 6) is 0. The fourth-order valence-corrected chi connectivity index (χ4v) is 3.74. The molecule has 0 unspecified atom stereocenters. The average molecular weight is 358 g/mol. The van der Waals surface area contributed by atoms with E-state index >= 15 is 0 Å². The molecule has 1 aliphatic rings. The predicted octanol–water partition coefficient (Wildman–Crippen LogP) is 4.55. The molecule has 0 saturated carbocycles. The molecule has 0 bridgehead atoms. The first-order valence-electron chi connectivity index (χ1n) is 9.86. The lowest BCUT2D eigenvalue weighted by molar-refractivity contribution is 0.132. The number of aromatic nitrogens is 1. The summed E-state index contributed by atoms with van der Waals surface area (Å²) >= 11 is 0. The van der Waals surface area contributed by atoms with E-state index in [0.29, 0.717) is 0 Å². The highest BCUT2D eigenvalue weighted by atomic mass is 15.3. The van der Waals surface area contributed by atoms with Crippen LogP contribution in [0.25, 0.3) is 22.3 Å². The summed E-state index contributed by atoms with van der Waals surface area (Å²) < 4.78 is 0. The van der Waals surface area contributed by atoms with Gasteiger partial charge in [0, 0.05) is 50.7 Å². The highest BCUT2D eigenvalue weighted by Crippen LogP contribution is 2.25. The quantitative estimate of drug-likeness (QED) is 0.668. The lowest BCUT2D eigenvalue weighted by atomic mass is 10.0. The molecule has 0 spiro atoms. The molecule has 3 nitrogen and oxygen atoms in total. The molecule has 0 radical (unpaired) electrons. The number of hydrogen-bond acceptors (Lipinski definition) is 3. The SMILES string of the molecule is CCN1CCN(Cc2cncc(-c3ccc(-c4ccccc4)cc3)c2)CC1. The molecule has 1 aliphatic heterocycles. The summed E-state index contributed by atoms with van der Waals surface area (Å²) in [4.78, 5) is 9.55. The van der Waals surface area contributed by atoms with Crippen LogP contribution in [0.3, 0.4) is 0 Å². The maximum absolute atomic E-state index is 4.50. The Morgan fingerprint density at radius 3 is 1.96 bits per heavy atom. The average Bonchev–Trinajstić information content (AvgIpc) is 2.75. The number of piperazine rings is 1. The van der Waals surface area contributed by atoms with Gasteiger partial charge in [-0.1, -0.05) is 61.5 Å². The topological polar surface area (TPSA) is 19.4 Å². The molecule has 0 aliphatic carbocycles. The monoisotopic (exact) mass is 357 g/mol. The van der Waals surface area contributed by atoms with Crippen LogP contribution in [0.15, 0.2) is 73.1 Å². The Hall–Kier alpha value is -2.49. The van der Waals surface area contributed by atoms with E-state index in [2.05, 4.69) is 82.4 Å². The van der Waals surface area contributed by atoms with Crippen molar-refractivity contribution < 1.29 is 0 Å². The van der Waals surface area contributed by atoms with Gasteiger partial charge >= 0.3 is 0 Å². The van der Waals surface area contributed by atoms with Crippen molar-refractivity contribution in [2.75, 3.05) is 32.7 Å². The van der Waals surface area contributed by atoms with E-state index in [4.69, 9.17) is 0 Å². The normalized spacial score (nSPS) is 15.7. The molecule has 1 aromatic heterocycles. The van der Waals surface area contributed by atoms with Crippen LogP contribution < -0.4 is 0 Å². The molecule has 3 heteroatoms. The van der Waals surface area contributed by atoms with Crippen LogP contribution in [0.2, 0.25) is 0 Å². The summed E-state index contributed by atoms with van der Waals surface area (Å²) in [6, 6.07) is 21.6. The number of hydrogen-bond donors (Lipinski definition) is 0. The number of rotatable bonds is 5. The Kier molecular flexibility index (Phi) is 5.61. The van der Waals surface area contributed by atoms with Gasteiger partial charge in [-0.05, 0) is 34.9 Å².